The molecule has 4 nitrogen and oxygen atoms in total. The molecule has 2 atom stereocenters. The second-order valence-electron chi connectivity index (χ2n) is 5.61. The summed E-state index contributed by atoms with van der Waals surface area (Å²) in [7, 11) is -2.02. The fourth-order valence-electron chi connectivity index (χ4n) is 2.87. The Morgan fingerprint density at radius 2 is 2.05 bits per heavy atom. The normalized spacial score (nSPS) is 24.0. The number of rotatable bonds is 3. The van der Waals surface area contributed by atoms with E-state index in [0.29, 0.717) is 5.92 Å². The van der Waals surface area contributed by atoms with Gasteiger partial charge < -0.3 is 5.73 Å². The van der Waals surface area contributed by atoms with Gasteiger partial charge in [0, 0.05) is 13.1 Å². The molecule has 0 amide bonds. The van der Waals surface area contributed by atoms with E-state index in [4.69, 9.17) is 17.3 Å². The van der Waals surface area contributed by atoms with E-state index in [1.165, 1.54) is 10.7 Å². The zero-order chi connectivity index (χ0) is 14.9. The van der Waals surface area contributed by atoms with Gasteiger partial charge in [-0.3, -0.25) is 0 Å². The van der Waals surface area contributed by atoms with Crippen molar-refractivity contribution < 1.29 is 8.42 Å². The van der Waals surface area contributed by atoms with Crippen LogP contribution < -0.4 is 5.73 Å². The number of anilines is 1. The highest BCUT2D eigenvalue weighted by atomic mass is 35.5. The first-order valence-electron chi connectivity index (χ1n) is 6.86. The number of halogens is 1. The second kappa shape index (κ2) is 5.92. The van der Waals surface area contributed by atoms with Crippen molar-refractivity contribution in [1.29, 1.82) is 0 Å². The quantitative estimate of drug-likeness (QED) is 0.871. The topological polar surface area (TPSA) is 63.4 Å². The second-order valence-corrected chi connectivity index (χ2v) is 7.95. The molecular formula is C14H21ClN2O2S. The summed E-state index contributed by atoms with van der Waals surface area (Å²) in [5.41, 5.74) is 6.01. The van der Waals surface area contributed by atoms with Crippen LogP contribution in [0.25, 0.3) is 0 Å². The van der Waals surface area contributed by atoms with Crippen molar-refractivity contribution in [3.63, 3.8) is 0 Å². The van der Waals surface area contributed by atoms with E-state index in [-0.39, 0.29) is 21.6 Å². The van der Waals surface area contributed by atoms with E-state index in [1.807, 2.05) is 0 Å². The Bertz CT molecular complexity index is 569. The van der Waals surface area contributed by atoms with Crippen LogP contribution in [0.15, 0.2) is 23.1 Å². The average molecular weight is 317 g/mol. The van der Waals surface area contributed by atoms with Gasteiger partial charge in [-0.05, 0) is 30.9 Å². The molecule has 2 rings (SSSR count). The van der Waals surface area contributed by atoms with Gasteiger partial charge in [0.2, 0.25) is 10.0 Å². The highest BCUT2D eigenvalue weighted by Crippen LogP contribution is 2.34. The molecule has 2 N–H and O–H groups in total. The van der Waals surface area contributed by atoms with E-state index in [9.17, 15) is 8.42 Å². The van der Waals surface area contributed by atoms with Crippen LogP contribution in [0.4, 0.5) is 5.69 Å². The Labute approximate surface area is 126 Å². The average Bonchev–Trinajstić information content (AvgIpc) is 2.37. The van der Waals surface area contributed by atoms with Gasteiger partial charge in [-0.1, -0.05) is 37.4 Å². The van der Waals surface area contributed by atoms with Crippen LogP contribution in [-0.4, -0.2) is 25.8 Å². The van der Waals surface area contributed by atoms with E-state index in [1.54, 1.807) is 25.2 Å². The van der Waals surface area contributed by atoms with Crippen LogP contribution >= 0.6 is 11.6 Å². The Kier molecular flexibility index (Phi) is 4.62. The van der Waals surface area contributed by atoms with Gasteiger partial charge >= 0.3 is 0 Å². The predicted molar refractivity (Wildman–Crippen MR) is 82.2 cm³/mol. The number of benzene rings is 1. The molecule has 0 aliphatic heterocycles. The third-order valence-corrected chi connectivity index (χ3v) is 6.51. The van der Waals surface area contributed by atoms with Gasteiger partial charge in [-0.25, -0.2) is 8.42 Å². The Morgan fingerprint density at radius 3 is 2.65 bits per heavy atom. The Morgan fingerprint density at radius 1 is 1.35 bits per heavy atom. The fourth-order valence-corrected chi connectivity index (χ4v) is 4.90. The van der Waals surface area contributed by atoms with Crippen LogP contribution in [0.3, 0.4) is 0 Å². The van der Waals surface area contributed by atoms with Gasteiger partial charge in [-0.2, -0.15) is 4.31 Å². The lowest BCUT2D eigenvalue weighted by Gasteiger charge is -2.33. The molecule has 0 saturated heterocycles. The molecule has 112 valence electrons. The molecule has 1 saturated carbocycles. The number of sulfonamides is 1. The van der Waals surface area contributed by atoms with Crippen molar-refractivity contribution >= 4 is 27.3 Å². The SMILES string of the molecule is CC1CCCC(N(C)S(=O)(=O)c2c(N)cccc2Cl)C1. The number of hydrogen-bond donors (Lipinski definition) is 1. The number of hydrogen-bond acceptors (Lipinski definition) is 3. The number of nitrogens with zero attached hydrogens (tertiary/aromatic N) is 1. The molecule has 1 aromatic rings. The summed E-state index contributed by atoms with van der Waals surface area (Å²) in [6.07, 6.45) is 4.01. The fraction of sp³-hybridized carbons (Fsp3) is 0.571. The summed E-state index contributed by atoms with van der Waals surface area (Å²) in [6.45, 7) is 2.16. The molecule has 0 heterocycles. The first-order chi connectivity index (χ1) is 9.34. The molecule has 1 aliphatic carbocycles. The largest absolute Gasteiger partial charge is 0.398 e. The molecule has 1 aliphatic rings. The summed E-state index contributed by atoms with van der Waals surface area (Å²) in [4.78, 5) is 0.0300. The minimum Gasteiger partial charge on any atom is -0.398 e. The minimum absolute atomic E-state index is 0.0272. The van der Waals surface area contributed by atoms with Gasteiger partial charge in [-0.15, -0.1) is 0 Å². The molecule has 1 aromatic carbocycles. The molecule has 0 radical (unpaired) electrons. The molecular weight excluding hydrogens is 296 g/mol. The lowest BCUT2D eigenvalue weighted by Crippen LogP contribution is -2.40. The maximum atomic E-state index is 12.7. The first kappa shape index (κ1) is 15.6. The van der Waals surface area contributed by atoms with Gasteiger partial charge in [0.05, 0.1) is 10.7 Å². The van der Waals surface area contributed by atoms with E-state index >= 15 is 0 Å². The molecule has 20 heavy (non-hydrogen) atoms. The monoisotopic (exact) mass is 316 g/mol. The van der Waals surface area contributed by atoms with Crippen LogP contribution in [0.2, 0.25) is 5.02 Å². The first-order valence-corrected chi connectivity index (χ1v) is 8.68. The minimum atomic E-state index is -3.65. The highest BCUT2D eigenvalue weighted by molar-refractivity contribution is 7.89. The standard InChI is InChI=1S/C14H21ClN2O2S/c1-10-5-3-6-11(9-10)17(2)20(18,19)14-12(15)7-4-8-13(14)16/h4,7-8,10-11H,3,5-6,9,16H2,1-2H3. The van der Waals surface area contributed by atoms with Gasteiger partial charge in [0.15, 0.2) is 0 Å². The lowest BCUT2D eigenvalue weighted by atomic mass is 9.87. The maximum absolute atomic E-state index is 12.7. The van der Waals surface area contributed by atoms with Crippen molar-refractivity contribution in [2.45, 2.75) is 43.5 Å². The third-order valence-electron chi connectivity index (χ3n) is 4.06. The lowest BCUT2D eigenvalue weighted by molar-refractivity contribution is 0.239. The summed E-state index contributed by atoms with van der Waals surface area (Å²) >= 11 is 6.04. The Hall–Kier alpha value is -0.780. The van der Waals surface area contributed by atoms with Gasteiger partial charge in [0.1, 0.15) is 4.90 Å². The molecule has 1 fully saturated rings. The zero-order valence-corrected chi connectivity index (χ0v) is 13.4. The predicted octanol–water partition coefficient (Wildman–Crippen LogP) is 3.12. The highest BCUT2D eigenvalue weighted by Gasteiger charge is 2.33. The van der Waals surface area contributed by atoms with Crippen molar-refractivity contribution in [2.75, 3.05) is 12.8 Å². The number of nitrogen functional groups attached to an aromatic ring is 1. The summed E-state index contributed by atoms with van der Waals surface area (Å²) < 4.78 is 26.9. The van der Waals surface area contributed by atoms with Crippen LogP contribution in [-0.2, 0) is 10.0 Å². The van der Waals surface area contributed by atoms with Crippen molar-refractivity contribution in [2.24, 2.45) is 5.92 Å². The van der Waals surface area contributed by atoms with Crippen LogP contribution in [0.1, 0.15) is 32.6 Å². The summed E-state index contributed by atoms with van der Waals surface area (Å²) in [6, 6.07) is 4.80. The zero-order valence-electron chi connectivity index (χ0n) is 11.8. The van der Waals surface area contributed by atoms with Crippen LogP contribution in [0.5, 0.6) is 0 Å². The molecule has 2 unspecified atom stereocenters. The molecule has 0 spiro atoms. The van der Waals surface area contributed by atoms with E-state index in [2.05, 4.69) is 6.92 Å². The maximum Gasteiger partial charge on any atom is 0.246 e. The van der Waals surface area contributed by atoms with Crippen molar-refractivity contribution in [3.05, 3.63) is 23.2 Å². The molecule has 6 heteroatoms. The molecule has 0 aromatic heterocycles. The van der Waals surface area contributed by atoms with Gasteiger partial charge in [0.25, 0.3) is 0 Å². The van der Waals surface area contributed by atoms with E-state index in [0.717, 1.165) is 19.3 Å². The van der Waals surface area contributed by atoms with Crippen molar-refractivity contribution in [1.82, 2.24) is 4.31 Å². The van der Waals surface area contributed by atoms with Crippen molar-refractivity contribution in [3.8, 4) is 0 Å². The third kappa shape index (κ3) is 2.95. The Balaban J connectivity index is 2.34. The molecule has 0 bridgehead atoms. The smallest absolute Gasteiger partial charge is 0.246 e. The summed E-state index contributed by atoms with van der Waals surface area (Å²) in [5.74, 6) is 0.551. The van der Waals surface area contributed by atoms with E-state index < -0.39 is 10.0 Å². The number of nitrogens with two attached hydrogens (primary N) is 1. The summed E-state index contributed by atoms with van der Waals surface area (Å²) in [5, 5.41) is 0.181. The van der Waals surface area contributed by atoms with Crippen LogP contribution in [0, 0.1) is 5.92 Å².